The summed E-state index contributed by atoms with van der Waals surface area (Å²) >= 11 is 0. The highest BCUT2D eigenvalue weighted by molar-refractivity contribution is 7.90. The van der Waals surface area contributed by atoms with Gasteiger partial charge in [-0.1, -0.05) is 6.92 Å². The first kappa shape index (κ1) is 31.7. The molecule has 0 heterocycles. The molecule has 0 aromatic carbocycles. The van der Waals surface area contributed by atoms with Gasteiger partial charge in [0.05, 0.1) is 0 Å². The number of halogens is 17. The van der Waals surface area contributed by atoms with E-state index in [0.29, 0.717) is 0 Å². The number of alkyl halides is 17. The van der Waals surface area contributed by atoms with Gasteiger partial charge in [-0.15, -0.1) is 0 Å². The van der Waals surface area contributed by atoms with E-state index in [9.17, 15) is 83.1 Å². The summed E-state index contributed by atoms with van der Waals surface area (Å²) in [4.78, 5) is 0. The number of rotatable bonds is 10. The Balaban J connectivity index is 6.89. The third-order valence-electron chi connectivity index (χ3n) is 3.71. The Morgan fingerprint density at radius 2 is 0.879 bits per heavy atom. The Morgan fingerprint density at radius 1 is 0.606 bits per heavy atom. The minimum Gasteiger partial charge on any atom is -0.378 e. The van der Waals surface area contributed by atoms with Crippen molar-refractivity contribution in [2.75, 3.05) is 0 Å². The summed E-state index contributed by atoms with van der Waals surface area (Å²) in [6.07, 6.45) is -11.7. The fourth-order valence-electron chi connectivity index (χ4n) is 1.65. The highest BCUT2D eigenvalue weighted by Gasteiger charge is 2.96. The van der Waals surface area contributed by atoms with Crippen LogP contribution in [0.1, 0.15) is 13.3 Å². The van der Waals surface area contributed by atoms with Gasteiger partial charge in [0, 0.05) is 0 Å². The van der Waals surface area contributed by atoms with Crippen LogP contribution in [-0.4, -0.2) is 66.7 Å². The second-order valence-electron chi connectivity index (χ2n) is 6.01. The van der Waals surface area contributed by atoms with Gasteiger partial charge in [-0.05, 0) is 6.42 Å². The Hall–Kier alpha value is -1.32. The molecule has 1 unspecified atom stereocenters. The lowest BCUT2D eigenvalue weighted by atomic mass is 9.91. The smallest absolute Gasteiger partial charge is 0.378 e. The molecule has 0 aliphatic heterocycles. The number of aliphatic hydroxyl groups is 1. The molecule has 33 heavy (non-hydrogen) atoms. The van der Waals surface area contributed by atoms with Crippen molar-refractivity contribution in [3.8, 4) is 0 Å². The van der Waals surface area contributed by atoms with Gasteiger partial charge in [0.1, 0.15) is 6.23 Å². The van der Waals surface area contributed by atoms with Gasteiger partial charge in [-0.25, -0.2) is 8.42 Å². The Bertz CT molecular complexity index is 819. The van der Waals surface area contributed by atoms with Crippen molar-refractivity contribution < 1.29 is 88.2 Å². The van der Waals surface area contributed by atoms with E-state index < -0.39 is 69.6 Å². The molecule has 0 amide bonds. The largest absolute Gasteiger partial charge is 0.460 e. The van der Waals surface area contributed by atoms with Crippen LogP contribution in [0, 0.1) is 0 Å². The molecule has 22 heteroatoms. The van der Waals surface area contributed by atoms with Gasteiger partial charge in [0.2, 0.25) is 0 Å². The Kier molecular flexibility index (Phi) is 7.80. The lowest BCUT2D eigenvalue weighted by Gasteiger charge is -2.42. The molecule has 0 aliphatic carbocycles. The predicted octanol–water partition coefficient (Wildman–Crippen LogP) is 4.60. The van der Waals surface area contributed by atoms with Crippen molar-refractivity contribution in [1.29, 1.82) is 0 Å². The van der Waals surface area contributed by atoms with Crippen molar-refractivity contribution in [3.63, 3.8) is 0 Å². The van der Waals surface area contributed by atoms with Crippen molar-refractivity contribution in [1.82, 2.24) is 4.72 Å². The van der Waals surface area contributed by atoms with Crippen LogP contribution in [0.4, 0.5) is 74.6 Å². The van der Waals surface area contributed by atoms with Gasteiger partial charge in [0.25, 0.3) is 10.0 Å². The molecule has 0 radical (unpaired) electrons. The van der Waals surface area contributed by atoms with E-state index in [1.165, 1.54) is 0 Å². The molecular weight excluding hydrogens is 549 g/mol. The van der Waals surface area contributed by atoms with Crippen molar-refractivity contribution >= 4 is 10.0 Å². The number of sulfonamides is 1. The molecule has 0 aliphatic rings. The van der Waals surface area contributed by atoms with Gasteiger partial charge in [0.15, 0.2) is 0 Å². The van der Waals surface area contributed by atoms with Crippen LogP contribution in [0.15, 0.2) is 0 Å². The van der Waals surface area contributed by atoms with Crippen LogP contribution >= 0.6 is 0 Å². The Labute approximate surface area is 170 Å². The summed E-state index contributed by atoms with van der Waals surface area (Å²) in [5.74, 6) is -51.9. The lowest BCUT2D eigenvalue weighted by Crippen LogP contribution is -2.75. The second-order valence-corrected chi connectivity index (χ2v) is 7.76. The first-order valence-electron chi connectivity index (χ1n) is 7.37. The molecule has 1 atom stereocenters. The topological polar surface area (TPSA) is 66.4 Å². The van der Waals surface area contributed by atoms with E-state index >= 15 is 0 Å². The molecule has 0 bridgehead atoms. The lowest BCUT2D eigenvalue weighted by molar-refractivity contribution is -0.458. The maximum Gasteiger partial charge on any atom is 0.460 e. The highest BCUT2D eigenvalue weighted by Crippen LogP contribution is 2.64. The first-order valence-corrected chi connectivity index (χ1v) is 8.85. The molecule has 0 spiro atoms. The van der Waals surface area contributed by atoms with Crippen molar-refractivity contribution in [2.45, 2.75) is 66.5 Å². The van der Waals surface area contributed by atoms with E-state index in [4.69, 9.17) is 5.11 Å². The molecule has 200 valence electrons. The minimum atomic E-state index is -8.88. The first-order chi connectivity index (χ1) is 14.0. The van der Waals surface area contributed by atoms with Crippen molar-refractivity contribution in [2.24, 2.45) is 0 Å². The zero-order valence-corrected chi connectivity index (χ0v) is 15.7. The SMILES string of the molecule is CCC(O)NS(=O)(=O)C(F)(F)C(F)(F)C(F)(F)C(F)(F)C(F)(F)C(F)(F)C(F)(F)C(F)(F)F. The maximum atomic E-state index is 13.5. The van der Waals surface area contributed by atoms with Crippen LogP contribution in [0.5, 0.6) is 0 Å². The maximum absolute atomic E-state index is 13.5. The van der Waals surface area contributed by atoms with Crippen LogP contribution in [0.25, 0.3) is 0 Å². The fourth-order valence-corrected chi connectivity index (χ4v) is 2.79. The number of aliphatic hydroxyl groups excluding tert-OH is 1. The minimum absolute atomic E-state index is 0.104. The number of nitrogens with one attached hydrogen (secondary N) is 1. The number of hydrogen-bond donors (Lipinski definition) is 2. The van der Waals surface area contributed by atoms with Crippen LogP contribution < -0.4 is 4.72 Å². The quantitative estimate of drug-likeness (QED) is 0.305. The summed E-state index contributed by atoms with van der Waals surface area (Å²) in [6, 6.07) is 0. The average molecular weight is 557 g/mol. The number of hydrogen-bond acceptors (Lipinski definition) is 3. The third-order valence-corrected chi connectivity index (χ3v) is 5.22. The molecule has 4 nitrogen and oxygen atoms in total. The molecule has 0 saturated carbocycles. The van der Waals surface area contributed by atoms with Crippen LogP contribution in [0.2, 0.25) is 0 Å². The normalized spacial score (nSPS) is 17.3. The average Bonchev–Trinajstić information content (AvgIpc) is 2.58. The van der Waals surface area contributed by atoms with Crippen LogP contribution in [0.3, 0.4) is 0 Å². The molecule has 0 saturated heterocycles. The molecule has 2 N–H and O–H groups in total. The molecule has 0 aromatic heterocycles. The van der Waals surface area contributed by atoms with Gasteiger partial charge >= 0.3 is 47.0 Å². The van der Waals surface area contributed by atoms with Gasteiger partial charge in [-0.2, -0.15) is 79.4 Å². The van der Waals surface area contributed by atoms with Crippen LogP contribution in [-0.2, 0) is 10.0 Å². The van der Waals surface area contributed by atoms with E-state index in [1.807, 2.05) is 0 Å². The molecule has 0 aromatic rings. The summed E-state index contributed by atoms with van der Waals surface area (Å²) in [7, 11) is -7.46. The fraction of sp³-hybridized carbons (Fsp3) is 1.00. The van der Waals surface area contributed by atoms with Gasteiger partial charge < -0.3 is 5.11 Å². The zero-order valence-electron chi connectivity index (χ0n) is 14.9. The zero-order chi connectivity index (χ0) is 27.5. The second kappa shape index (κ2) is 8.12. The van der Waals surface area contributed by atoms with Gasteiger partial charge in [-0.3, -0.25) is 0 Å². The summed E-state index contributed by atoms with van der Waals surface area (Å²) in [6.45, 7) is 0.718. The summed E-state index contributed by atoms with van der Waals surface area (Å²) in [5, 5.41) is 1.09. The van der Waals surface area contributed by atoms with E-state index in [2.05, 4.69) is 0 Å². The Morgan fingerprint density at radius 3 is 1.15 bits per heavy atom. The molecule has 0 rings (SSSR count). The van der Waals surface area contributed by atoms with E-state index in [0.717, 1.165) is 6.92 Å². The molecular formula is C11H8F17NO3S. The summed E-state index contributed by atoms with van der Waals surface area (Å²) < 4.78 is 243. The van der Waals surface area contributed by atoms with E-state index in [-0.39, 0.29) is 4.72 Å². The predicted molar refractivity (Wildman–Crippen MR) is 69.0 cm³/mol. The standard InChI is InChI=1S/C11H8F17NO3S/c1-2-3(30)29-33(31,32)11(27,28)9(22,23)7(18,19)5(14,15)4(12,13)6(16,17)8(20,21)10(24,25)26/h3,29-30H,2H2,1H3. The third kappa shape index (κ3) is 4.18. The highest BCUT2D eigenvalue weighted by atomic mass is 32.2. The summed E-state index contributed by atoms with van der Waals surface area (Å²) in [5.41, 5.74) is 0. The van der Waals surface area contributed by atoms with E-state index in [1.54, 1.807) is 0 Å². The van der Waals surface area contributed by atoms with Crippen molar-refractivity contribution in [3.05, 3.63) is 0 Å². The monoisotopic (exact) mass is 557 g/mol. The molecule has 0 fully saturated rings.